The normalized spacial score (nSPS) is 12.5. The van der Waals surface area contributed by atoms with E-state index in [0.29, 0.717) is 13.2 Å². The van der Waals surface area contributed by atoms with Gasteiger partial charge in [-0.3, -0.25) is 0 Å². The number of anilines is 1. The van der Waals surface area contributed by atoms with Crippen molar-refractivity contribution in [2.75, 3.05) is 38.3 Å². The number of rotatable bonds is 9. The molecule has 0 amide bonds. The molecule has 4 nitrogen and oxygen atoms in total. The van der Waals surface area contributed by atoms with Crippen LogP contribution in [0.3, 0.4) is 0 Å². The first kappa shape index (κ1) is 17.7. The van der Waals surface area contributed by atoms with E-state index in [1.165, 1.54) is 0 Å². The zero-order valence-electron chi connectivity index (χ0n) is 11.5. The third kappa shape index (κ3) is 5.49. The van der Waals surface area contributed by atoms with Crippen LogP contribution >= 0.6 is 0 Å². The standard InChI is InChI=1S/C13H17F4NO3/c1-2-20-3-4-21-7-8(19)6-18-13-11(16)9(14)5-10(15)12(13)17/h5,8,18-19H,2-4,6-7H2,1H3. The number of nitrogens with one attached hydrogen (secondary N) is 1. The maximum Gasteiger partial charge on any atom is 0.185 e. The summed E-state index contributed by atoms with van der Waals surface area (Å²) in [6.07, 6.45) is -1.10. The molecule has 0 spiro atoms. The molecule has 1 aromatic carbocycles. The first-order valence-corrected chi connectivity index (χ1v) is 6.37. The maximum absolute atomic E-state index is 13.3. The van der Waals surface area contributed by atoms with Crippen LogP contribution in [-0.4, -0.2) is 44.2 Å². The van der Waals surface area contributed by atoms with Gasteiger partial charge in [-0.05, 0) is 6.92 Å². The van der Waals surface area contributed by atoms with Gasteiger partial charge in [-0.2, -0.15) is 0 Å². The molecule has 0 aliphatic heterocycles. The second-order valence-electron chi connectivity index (χ2n) is 4.15. The van der Waals surface area contributed by atoms with Gasteiger partial charge in [-0.15, -0.1) is 0 Å². The van der Waals surface area contributed by atoms with E-state index >= 15 is 0 Å². The van der Waals surface area contributed by atoms with Crippen LogP contribution in [0.15, 0.2) is 6.07 Å². The number of halogens is 4. The minimum Gasteiger partial charge on any atom is -0.389 e. The Kier molecular flexibility index (Phi) is 7.41. The van der Waals surface area contributed by atoms with Crippen LogP contribution < -0.4 is 5.32 Å². The molecule has 1 unspecified atom stereocenters. The zero-order valence-corrected chi connectivity index (χ0v) is 11.5. The molecule has 1 aromatic rings. The third-order valence-electron chi connectivity index (χ3n) is 2.51. The van der Waals surface area contributed by atoms with Gasteiger partial charge in [0.05, 0.1) is 25.9 Å². The van der Waals surface area contributed by atoms with Crippen molar-refractivity contribution in [3.8, 4) is 0 Å². The van der Waals surface area contributed by atoms with Crippen LogP contribution in [0.4, 0.5) is 23.2 Å². The predicted molar refractivity (Wildman–Crippen MR) is 68.1 cm³/mol. The highest BCUT2D eigenvalue weighted by molar-refractivity contribution is 5.47. The van der Waals surface area contributed by atoms with Crippen molar-refractivity contribution in [3.05, 3.63) is 29.3 Å². The maximum atomic E-state index is 13.3. The molecule has 2 N–H and O–H groups in total. The smallest absolute Gasteiger partial charge is 0.185 e. The largest absolute Gasteiger partial charge is 0.389 e. The molecule has 1 atom stereocenters. The van der Waals surface area contributed by atoms with Crippen molar-refractivity contribution in [2.45, 2.75) is 13.0 Å². The Morgan fingerprint density at radius 3 is 2.24 bits per heavy atom. The lowest BCUT2D eigenvalue weighted by Crippen LogP contribution is -2.26. The van der Waals surface area contributed by atoms with Crippen molar-refractivity contribution < 1.29 is 32.1 Å². The lowest BCUT2D eigenvalue weighted by molar-refractivity contribution is 0.0103. The molecule has 0 aromatic heterocycles. The average molecular weight is 311 g/mol. The summed E-state index contributed by atoms with van der Waals surface area (Å²) in [5.74, 6) is -6.12. The molecule has 0 heterocycles. The zero-order chi connectivity index (χ0) is 15.8. The summed E-state index contributed by atoms with van der Waals surface area (Å²) < 4.78 is 62.5. The fraction of sp³-hybridized carbons (Fsp3) is 0.538. The summed E-state index contributed by atoms with van der Waals surface area (Å²) in [7, 11) is 0. The summed E-state index contributed by atoms with van der Waals surface area (Å²) in [4.78, 5) is 0. The quantitative estimate of drug-likeness (QED) is 0.416. The highest BCUT2D eigenvalue weighted by Gasteiger charge is 2.19. The molecule has 8 heteroatoms. The molecule has 21 heavy (non-hydrogen) atoms. The van der Waals surface area contributed by atoms with Gasteiger partial charge in [0.15, 0.2) is 23.3 Å². The third-order valence-corrected chi connectivity index (χ3v) is 2.51. The molecule has 120 valence electrons. The van der Waals surface area contributed by atoms with Gasteiger partial charge in [0.1, 0.15) is 5.69 Å². The molecule has 1 rings (SSSR count). The van der Waals surface area contributed by atoms with Gasteiger partial charge in [0.25, 0.3) is 0 Å². The van der Waals surface area contributed by atoms with Crippen molar-refractivity contribution in [3.63, 3.8) is 0 Å². The molecule has 0 aliphatic carbocycles. The molecule has 0 saturated carbocycles. The predicted octanol–water partition coefficient (Wildman–Crippen LogP) is 2.07. The van der Waals surface area contributed by atoms with Crippen molar-refractivity contribution in [2.24, 2.45) is 0 Å². The van der Waals surface area contributed by atoms with Crippen LogP contribution in [0.5, 0.6) is 0 Å². The summed E-state index contributed by atoms with van der Waals surface area (Å²) in [6, 6.07) is 0.114. The van der Waals surface area contributed by atoms with Crippen LogP contribution in [0.2, 0.25) is 0 Å². The Hall–Kier alpha value is -1.38. The monoisotopic (exact) mass is 311 g/mol. The number of ether oxygens (including phenoxy) is 2. The van der Waals surface area contributed by atoms with Gasteiger partial charge in [-0.1, -0.05) is 0 Å². The Balaban J connectivity index is 2.44. The molecule has 0 saturated heterocycles. The number of benzene rings is 1. The van der Waals surface area contributed by atoms with E-state index in [4.69, 9.17) is 9.47 Å². The van der Waals surface area contributed by atoms with Gasteiger partial charge in [-0.25, -0.2) is 17.6 Å². The minimum absolute atomic E-state index is 0.110. The molecular weight excluding hydrogens is 294 g/mol. The van der Waals surface area contributed by atoms with Gasteiger partial charge >= 0.3 is 0 Å². The van der Waals surface area contributed by atoms with E-state index in [0.717, 1.165) is 0 Å². The van der Waals surface area contributed by atoms with Crippen molar-refractivity contribution in [1.82, 2.24) is 0 Å². The highest BCUT2D eigenvalue weighted by atomic mass is 19.2. The second-order valence-corrected chi connectivity index (χ2v) is 4.15. The highest BCUT2D eigenvalue weighted by Crippen LogP contribution is 2.23. The Bertz CT molecular complexity index is 433. The Morgan fingerprint density at radius 2 is 1.67 bits per heavy atom. The summed E-state index contributed by atoms with van der Waals surface area (Å²) in [6.45, 7) is 2.53. The summed E-state index contributed by atoms with van der Waals surface area (Å²) in [5.41, 5.74) is -0.958. The molecule has 0 fully saturated rings. The summed E-state index contributed by atoms with van der Waals surface area (Å²) >= 11 is 0. The van der Waals surface area contributed by atoms with Gasteiger partial charge in [0.2, 0.25) is 0 Å². The minimum atomic E-state index is -1.54. The number of hydrogen-bond donors (Lipinski definition) is 2. The van der Waals surface area contributed by atoms with Crippen molar-refractivity contribution in [1.29, 1.82) is 0 Å². The second kappa shape index (κ2) is 8.81. The van der Waals surface area contributed by atoms with Crippen molar-refractivity contribution >= 4 is 5.69 Å². The van der Waals surface area contributed by atoms with Gasteiger partial charge in [0, 0.05) is 19.2 Å². The lowest BCUT2D eigenvalue weighted by Gasteiger charge is -2.14. The fourth-order valence-electron chi connectivity index (χ4n) is 1.49. The van der Waals surface area contributed by atoms with Crippen LogP contribution in [0.25, 0.3) is 0 Å². The first-order chi connectivity index (χ1) is 9.97. The number of aliphatic hydroxyl groups excluding tert-OH is 1. The molecule has 0 aliphatic rings. The summed E-state index contributed by atoms with van der Waals surface area (Å²) in [5, 5.41) is 11.7. The van der Waals surface area contributed by atoms with E-state index in [1.807, 2.05) is 6.92 Å². The number of hydrogen-bond acceptors (Lipinski definition) is 4. The average Bonchev–Trinajstić information content (AvgIpc) is 2.45. The Morgan fingerprint density at radius 1 is 1.10 bits per heavy atom. The SMILES string of the molecule is CCOCCOCC(O)CNc1c(F)c(F)cc(F)c1F. The van der Waals surface area contributed by atoms with Gasteiger partial charge < -0.3 is 19.9 Å². The van der Waals surface area contributed by atoms with E-state index < -0.39 is 35.1 Å². The van der Waals surface area contributed by atoms with E-state index in [9.17, 15) is 22.7 Å². The molecule has 0 bridgehead atoms. The van der Waals surface area contributed by atoms with E-state index in [-0.39, 0.29) is 25.8 Å². The Labute approximate surface area is 119 Å². The van der Waals surface area contributed by atoms with Crippen LogP contribution in [0.1, 0.15) is 6.92 Å². The van der Waals surface area contributed by atoms with Crippen LogP contribution in [0, 0.1) is 23.3 Å². The first-order valence-electron chi connectivity index (χ1n) is 6.37. The topological polar surface area (TPSA) is 50.7 Å². The molecular formula is C13H17F4NO3. The van der Waals surface area contributed by atoms with E-state index in [2.05, 4.69) is 5.32 Å². The molecule has 0 radical (unpaired) electrons. The fourth-order valence-corrected chi connectivity index (χ4v) is 1.49. The number of aliphatic hydroxyl groups is 1. The lowest BCUT2D eigenvalue weighted by atomic mass is 10.2. The van der Waals surface area contributed by atoms with E-state index in [1.54, 1.807) is 0 Å². The van der Waals surface area contributed by atoms with Crippen LogP contribution in [-0.2, 0) is 9.47 Å².